The second-order valence-corrected chi connectivity index (χ2v) is 3.33. The summed E-state index contributed by atoms with van der Waals surface area (Å²) >= 11 is 0. The molecule has 0 fully saturated rings. The van der Waals surface area contributed by atoms with Gasteiger partial charge in [-0.05, 0) is 19.9 Å². The van der Waals surface area contributed by atoms with E-state index in [-0.39, 0.29) is 5.95 Å². The van der Waals surface area contributed by atoms with Gasteiger partial charge in [-0.3, -0.25) is 5.32 Å². The van der Waals surface area contributed by atoms with Crippen LogP contribution in [0, 0.1) is 13.8 Å². The molecule has 0 aliphatic rings. The van der Waals surface area contributed by atoms with Crippen LogP contribution in [0.15, 0.2) is 10.4 Å². The van der Waals surface area contributed by atoms with Gasteiger partial charge in [0.25, 0.3) is 0 Å². The lowest BCUT2D eigenvalue weighted by atomic mass is 10.4. The molecular weight excluding hydrogens is 220 g/mol. The summed E-state index contributed by atoms with van der Waals surface area (Å²) in [5.41, 5.74) is 1.34. The smallest absolute Gasteiger partial charge is 0.273 e. The number of nitrogens with one attached hydrogen (secondary N) is 1. The van der Waals surface area contributed by atoms with Crippen LogP contribution in [0.25, 0.3) is 0 Å². The zero-order valence-corrected chi connectivity index (χ0v) is 8.87. The van der Waals surface area contributed by atoms with Crippen molar-refractivity contribution in [3.05, 3.63) is 17.5 Å². The van der Waals surface area contributed by atoms with Crippen molar-refractivity contribution < 1.29 is 13.2 Å². The van der Waals surface area contributed by atoms with Gasteiger partial charge in [-0.15, -0.1) is 0 Å². The minimum Gasteiger partial charge on any atom is -0.273 e. The summed E-state index contributed by atoms with van der Waals surface area (Å²) in [6, 6.07) is 0.701. The highest BCUT2D eigenvalue weighted by atomic mass is 32.2. The largest absolute Gasteiger partial charge is 0.362 e. The Morgan fingerprint density at radius 2 is 1.87 bits per heavy atom. The van der Waals surface area contributed by atoms with E-state index in [1.165, 1.54) is 0 Å². The van der Waals surface area contributed by atoms with Crippen molar-refractivity contribution >= 4 is 22.5 Å². The van der Waals surface area contributed by atoms with Crippen molar-refractivity contribution in [2.45, 2.75) is 13.8 Å². The van der Waals surface area contributed by atoms with E-state index < -0.39 is 16.5 Å². The van der Waals surface area contributed by atoms with Crippen LogP contribution < -0.4 is 5.32 Å². The number of nitrogens with zero attached hydrogens (tertiary/aromatic N) is 3. The number of rotatable bonds is 1. The molecule has 0 spiro atoms. The number of carbonyl (C=O) groups is 1. The second-order valence-electron chi connectivity index (χ2n) is 2.71. The third kappa shape index (κ3) is 3.81. The molecule has 2 amide bonds. The Balaban J connectivity index is 2.90. The van der Waals surface area contributed by atoms with Gasteiger partial charge in [-0.1, -0.05) is 4.36 Å². The molecule has 1 heterocycles. The average Bonchev–Trinajstić information content (AvgIpc) is 1.98. The predicted molar refractivity (Wildman–Crippen MR) is 51.9 cm³/mol. The summed E-state index contributed by atoms with van der Waals surface area (Å²) in [6.45, 7) is 3.46. The molecule has 0 radical (unpaired) electrons. The highest BCUT2D eigenvalue weighted by molar-refractivity contribution is 7.62. The molecule has 0 aliphatic heterocycles. The summed E-state index contributed by atoms with van der Waals surface area (Å²) in [5.74, 6) is 0.0340. The second kappa shape index (κ2) is 4.60. The first-order valence-electron chi connectivity index (χ1n) is 3.92. The molecule has 1 aromatic rings. The van der Waals surface area contributed by atoms with E-state index in [4.69, 9.17) is 0 Å². The topological polar surface area (TPSA) is 101 Å². The van der Waals surface area contributed by atoms with Crippen LogP contribution >= 0.6 is 0 Å². The minimum atomic E-state index is -2.77. The van der Waals surface area contributed by atoms with Crippen molar-refractivity contribution in [2.75, 3.05) is 5.32 Å². The average molecular weight is 228 g/mol. The van der Waals surface area contributed by atoms with Crippen molar-refractivity contribution in [3.63, 3.8) is 0 Å². The molecule has 1 aromatic heterocycles. The molecule has 7 nitrogen and oxygen atoms in total. The van der Waals surface area contributed by atoms with Crippen LogP contribution in [0.5, 0.6) is 0 Å². The molecule has 8 heteroatoms. The SMILES string of the molecule is Cc1cc(C)nc(NC(=O)N=S(=O)=O)n1. The molecule has 0 aliphatic carbocycles. The van der Waals surface area contributed by atoms with E-state index in [0.29, 0.717) is 11.4 Å². The maximum absolute atomic E-state index is 10.9. The van der Waals surface area contributed by atoms with Gasteiger partial charge in [-0.2, -0.15) is 8.42 Å². The molecule has 15 heavy (non-hydrogen) atoms. The van der Waals surface area contributed by atoms with Crippen molar-refractivity contribution in [2.24, 2.45) is 4.36 Å². The van der Waals surface area contributed by atoms with Gasteiger partial charge in [0.15, 0.2) is 0 Å². The number of amides is 2. The van der Waals surface area contributed by atoms with Gasteiger partial charge in [0, 0.05) is 11.4 Å². The van der Waals surface area contributed by atoms with Gasteiger partial charge in [0.05, 0.1) is 0 Å². The van der Waals surface area contributed by atoms with Gasteiger partial charge >= 0.3 is 16.5 Å². The molecule has 0 aromatic carbocycles. The van der Waals surface area contributed by atoms with Gasteiger partial charge in [0.1, 0.15) is 0 Å². The molecule has 1 rings (SSSR count). The van der Waals surface area contributed by atoms with E-state index in [1.54, 1.807) is 19.9 Å². The summed E-state index contributed by atoms with van der Waals surface area (Å²) in [6.07, 6.45) is 0. The van der Waals surface area contributed by atoms with E-state index in [0.717, 1.165) is 0 Å². The number of carbonyl (C=O) groups excluding carboxylic acids is 1. The first-order chi connectivity index (χ1) is 6.97. The van der Waals surface area contributed by atoms with Crippen LogP contribution in [0.1, 0.15) is 11.4 Å². The highest BCUT2D eigenvalue weighted by Gasteiger charge is 2.04. The summed E-state index contributed by atoms with van der Waals surface area (Å²) in [4.78, 5) is 18.6. The quantitative estimate of drug-likeness (QED) is 0.761. The number of aryl methyl sites for hydroxylation is 2. The molecular formula is C7H8N4O3S. The molecule has 0 bridgehead atoms. The first kappa shape index (κ1) is 11.2. The number of anilines is 1. The summed E-state index contributed by atoms with van der Waals surface area (Å²) in [7, 11) is -2.77. The van der Waals surface area contributed by atoms with Crippen LogP contribution in [0.4, 0.5) is 10.7 Å². The molecule has 80 valence electrons. The Morgan fingerprint density at radius 3 is 2.33 bits per heavy atom. The van der Waals surface area contributed by atoms with Crippen molar-refractivity contribution in [3.8, 4) is 0 Å². The van der Waals surface area contributed by atoms with Gasteiger partial charge in [0.2, 0.25) is 5.95 Å². The lowest BCUT2D eigenvalue weighted by molar-refractivity contribution is 0.259. The summed E-state index contributed by atoms with van der Waals surface area (Å²) < 4.78 is 22.8. The standard InChI is InChI=1S/C7H8N4O3S/c1-4-3-5(2)9-6(8-4)10-7(12)11-15(13)14/h3H,1-2H3,(H,8,9,10,12). The monoisotopic (exact) mass is 228 g/mol. The van der Waals surface area contributed by atoms with Crippen molar-refractivity contribution in [1.82, 2.24) is 9.97 Å². The number of aromatic nitrogens is 2. The number of hydrogen-bond acceptors (Lipinski definition) is 5. The molecule has 0 saturated heterocycles. The Bertz CT molecular complexity index is 495. The van der Waals surface area contributed by atoms with E-state index in [2.05, 4.69) is 19.6 Å². The van der Waals surface area contributed by atoms with Crippen molar-refractivity contribution in [1.29, 1.82) is 0 Å². The number of urea groups is 1. The normalized spacial score (nSPS) is 9.47. The fraction of sp³-hybridized carbons (Fsp3) is 0.286. The van der Waals surface area contributed by atoms with Crippen LogP contribution in [0.2, 0.25) is 0 Å². The Morgan fingerprint density at radius 1 is 1.33 bits per heavy atom. The van der Waals surface area contributed by atoms with Crippen LogP contribution in [0.3, 0.4) is 0 Å². The summed E-state index contributed by atoms with van der Waals surface area (Å²) in [5, 5.41) is 2.13. The molecule has 0 saturated carbocycles. The Hall–Kier alpha value is -1.83. The fourth-order valence-corrected chi connectivity index (χ4v) is 1.15. The maximum atomic E-state index is 10.9. The molecule has 1 N–H and O–H groups in total. The van der Waals surface area contributed by atoms with Gasteiger partial charge in [-0.25, -0.2) is 14.8 Å². The van der Waals surface area contributed by atoms with E-state index in [9.17, 15) is 13.2 Å². The van der Waals surface area contributed by atoms with E-state index >= 15 is 0 Å². The molecule has 0 atom stereocenters. The lowest BCUT2D eigenvalue weighted by Gasteiger charge is -2.01. The van der Waals surface area contributed by atoms with Crippen LogP contribution in [-0.4, -0.2) is 24.4 Å². The number of hydrogen-bond donors (Lipinski definition) is 1. The minimum absolute atomic E-state index is 0.0340. The first-order valence-corrected chi connectivity index (χ1v) is 4.95. The third-order valence-electron chi connectivity index (χ3n) is 1.36. The van der Waals surface area contributed by atoms with Crippen LogP contribution in [-0.2, 0) is 10.5 Å². The predicted octanol–water partition coefficient (Wildman–Crippen LogP) is 0.688. The zero-order chi connectivity index (χ0) is 11.4. The van der Waals surface area contributed by atoms with E-state index in [1.807, 2.05) is 0 Å². The Kier molecular flexibility index (Phi) is 3.45. The zero-order valence-electron chi connectivity index (χ0n) is 8.05. The Labute approximate surface area is 87.3 Å². The highest BCUT2D eigenvalue weighted by Crippen LogP contribution is 2.03. The maximum Gasteiger partial charge on any atom is 0.362 e. The lowest BCUT2D eigenvalue weighted by Crippen LogP contribution is -2.10. The van der Waals surface area contributed by atoms with Gasteiger partial charge < -0.3 is 0 Å². The third-order valence-corrected chi connectivity index (χ3v) is 1.67. The fourth-order valence-electron chi connectivity index (χ4n) is 0.968. The molecule has 0 unspecified atom stereocenters.